The van der Waals surface area contributed by atoms with Gasteiger partial charge in [-0.1, -0.05) is 34.8 Å². The summed E-state index contributed by atoms with van der Waals surface area (Å²) in [6.45, 7) is 1.61. The first-order chi connectivity index (χ1) is 5.52. The molecule has 0 aromatic rings. The zero-order valence-corrected chi connectivity index (χ0v) is 8.37. The molecule has 1 aliphatic heterocycles. The summed E-state index contributed by atoms with van der Waals surface area (Å²) in [5.74, 6) is -0.229. The van der Waals surface area contributed by atoms with Crippen LogP contribution in [0.15, 0.2) is 9.52 Å². The van der Waals surface area contributed by atoms with Crippen molar-refractivity contribution in [3.8, 4) is 0 Å². The Hall–Kier alpha value is 0.0400. The van der Waals surface area contributed by atoms with Crippen molar-refractivity contribution in [2.45, 2.75) is 19.3 Å². The molecule has 0 aromatic heterocycles. The number of hydrogen-bond acceptors (Lipinski definition) is 2. The first-order valence-corrected chi connectivity index (χ1v) is 4.32. The van der Waals surface area contributed by atoms with E-state index in [1.54, 1.807) is 6.92 Å². The van der Waals surface area contributed by atoms with Crippen LogP contribution < -0.4 is 5.32 Å². The zero-order valence-electron chi connectivity index (χ0n) is 6.11. The molecule has 1 aliphatic rings. The molecular weight excluding hydrogens is 224 g/mol. The Morgan fingerprint density at radius 1 is 1.50 bits per heavy atom. The van der Waals surface area contributed by atoms with Crippen LogP contribution in [0, 0.1) is 0 Å². The van der Waals surface area contributed by atoms with Crippen LogP contribution in [-0.2, 0) is 9.53 Å². The van der Waals surface area contributed by atoms with Gasteiger partial charge in [-0.25, -0.2) is 0 Å². The summed E-state index contributed by atoms with van der Waals surface area (Å²) < 4.78 is 4.98. The van der Waals surface area contributed by atoms with E-state index >= 15 is 0 Å². The number of ether oxygens (including phenoxy) is 1. The van der Waals surface area contributed by atoms with Crippen LogP contribution in [0.25, 0.3) is 0 Å². The quantitative estimate of drug-likeness (QED) is 0.745. The first kappa shape index (κ1) is 10.1. The maximum absolute atomic E-state index is 10.9. The predicted molar refractivity (Wildman–Crippen MR) is 47.1 cm³/mol. The SMILES string of the molecule is C[C@@H]1O[C@H](C(Cl)=C(Cl)Cl)NC1=O. The highest BCUT2D eigenvalue weighted by molar-refractivity contribution is 6.59. The highest BCUT2D eigenvalue weighted by atomic mass is 35.5. The Balaban J connectivity index is 2.70. The average molecular weight is 230 g/mol. The summed E-state index contributed by atoms with van der Waals surface area (Å²) in [6, 6.07) is 0. The van der Waals surface area contributed by atoms with E-state index in [0.717, 1.165) is 0 Å². The van der Waals surface area contributed by atoms with Gasteiger partial charge in [-0.2, -0.15) is 0 Å². The van der Waals surface area contributed by atoms with Crippen LogP contribution in [0.2, 0.25) is 0 Å². The third-order valence-corrected chi connectivity index (χ3v) is 2.38. The summed E-state index contributed by atoms with van der Waals surface area (Å²) in [4.78, 5) is 10.9. The molecule has 68 valence electrons. The van der Waals surface area contributed by atoms with Crippen molar-refractivity contribution in [1.29, 1.82) is 0 Å². The van der Waals surface area contributed by atoms with Crippen LogP contribution in [0.3, 0.4) is 0 Å². The lowest BCUT2D eigenvalue weighted by molar-refractivity contribution is -0.122. The van der Waals surface area contributed by atoms with E-state index in [-0.39, 0.29) is 15.4 Å². The second-order valence-corrected chi connectivity index (χ2v) is 3.63. The standard InChI is InChI=1S/C6H6Cl3NO2/c1-2-5(11)10-6(12-2)3(7)4(8)9/h2,6H,1H3,(H,10,11)/t2-,6+/m0/s1. The molecule has 0 unspecified atom stereocenters. The molecule has 1 N–H and O–H groups in total. The van der Waals surface area contributed by atoms with E-state index in [1.165, 1.54) is 0 Å². The van der Waals surface area contributed by atoms with E-state index in [4.69, 9.17) is 39.5 Å². The summed E-state index contributed by atoms with van der Waals surface area (Å²) in [6.07, 6.45) is -1.23. The van der Waals surface area contributed by atoms with E-state index in [9.17, 15) is 4.79 Å². The minimum atomic E-state index is -0.709. The fraction of sp³-hybridized carbons (Fsp3) is 0.500. The Morgan fingerprint density at radius 2 is 2.08 bits per heavy atom. The molecule has 6 heteroatoms. The monoisotopic (exact) mass is 229 g/mol. The molecule has 2 atom stereocenters. The summed E-state index contributed by atoms with van der Waals surface area (Å²) in [5, 5.41) is 2.56. The van der Waals surface area contributed by atoms with Gasteiger partial charge in [-0.15, -0.1) is 0 Å². The van der Waals surface area contributed by atoms with Crippen LogP contribution in [-0.4, -0.2) is 18.2 Å². The number of hydrogen-bond donors (Lipinski definition) is 1. The minimum absolute atomic E-state index is 0.0935. The maximum Gasteiger partial charge on any atom is 0.251 e. The van der Waals surface area contributed by atoms with Crippen LogP contribution in [0.4, 0.5) is 0 Å². The average Bonchev–Trinajstić information content (AvgIpc) is 2.30. The smallest absolute Gasteiger partial charge is 0.251 e. The van der Waals surface area contributed by atoms with E-state index in [1.807, 2.05) is 0 Å². The van der Waals surface area contributed by atoms with Crippen molar-refractivity contribution < 1.29 is 9.53 Å². The molecule has 1 saturated heterocycles. The lowest BCUT2D eigenvalue weighted by Gasteiger charge is -2.07. The minimum Gasteiger partial charge on any atom is -0.340 e. The molecule has 0 aliphatic carbocycles. The van der Waals surface area contributed by atoms with Gasteiger partial charge in [0.25, 0.3) is 5.91 Å². The number of nitrogens with one attached hydrogen (secondary N) is 1. The topological polar surface area (TPSA) is 38.3 Å². The van der Waals surface area contributed by atoms with Gasteiger partial charge >= 0.3 is 0 Å². The molecule has 1 amide bonds. The van der Waals surface area contributed by atoms with Gasteiger partial charge in [0.05, 0.1) is 5.03 Å². The van der Waals surface area contributed by atoms with Gasteiger partial charge < -0.3 is 10.1 Å². The molecule has 3 nitrogen and oxygen atoms in total. The molecule has 1 rings (SSSR count). The fourth-order valence-corrected chi connectivity index (χ4v) is 1.07. The number of rotatable bonds is 1. The second kappa shape index (κ2) is 3.83. The van der Waals surface area contributed by atoms with Crippen molar-refractivity contribution in [1.82, 2.24) is 5.32 Å². The Morgan fingerprint density at radius 3 is 2.42 bits per heavy atom. The third kappa shape index (κ3) is 2.04. The first-order valence-electron chi connectivity index (χ1n) is 3.19. The number of halogens is 3. The maximum atomic E-state index is 10.9. The van der Waals surface area contributed by atoms with Crippen molar-refractivity contribution in [2.24, 2.45) is 0 Å². The predicted octanol–water partition coefficient (Wildman–Crippen LogP) is 1.73. The van der Waals surface area contributed by atoms with Crippen LogP contribution in [0.5, 0.6) is 0 Å². The van der Waals surface area contributed by atoms with Gasteiger partial charge in [-0.3, -0.25) is 4.79 Å². The molecule has 12 heavy (non-hydrogen) atoms. The molecule has 1 fully saturated rings. The highest BCUT2D eigenvalue weighted by Crippen LogP contribution is 2.24. The van der Waals surface area contributed by atoms with Crippen molar-refractivity contribution in [3.05, 3.63) is 9.52 Å². The molecule has 0 saturated carbocycles. The van der Waals surface area contributed by atoms with Gasteiger partial charge in [0.1, 0.15) is 10.6 Å². The number of carbonyl (C=O) groups is 1. The molecule has 0 aromatic carbocycles. The lowest BCUT2D eigenvalue weighted by atomic mass is 10.4. The van der Waals surface area contributed by atoms with Crippen LogP contribution in [0.1, 0.15) is 6.92 Å². The summed E-state index contributed by atoms with van der Waals surface area (Å²) >= 11 is 16.4. The highest BCUT2D eigenvalue weighted by Gasteiger charge is 2.31. The van der Waals surface area contributed by atoms with Gasteiger partial charge in [0, 0.05) is 0 Å². The van der Waals surface area contributed by atoms with E-state index in [0.29, 0.717) is 0 Å². The van der Waals surface area contributed by atoms with Gasteiger partial charge in [0.15, 0.2) is 6.23 Å². The van der Waals surface area contributed by atoms with Crippen molar-refractivity contribution >= 4 is 40.7 Å². The molecule has 0 bridgehead atoms. The molecule has 0 radical (unpaired) electrons. The largest absolute Gasteiger partial charge is 0.340 e. The molecular formula is C6H6Cl3NO2. The summed E-state index contributed by atoms with van der Waals surface area (Å²) in [7, 11) is 0. The van der Waals surface area contributed by atoms with Crippen molar-refractivity contribution in [2.75, 3.05) is 0 Å². The number of carbonyl (C=O) groups excluding carboxylic acids is 1. The van der Waals surface area contributed by atoms with Crippen molar-refractivity contribution in [3.63, 3.8) is 0 Å². The molecule has 0 spiro atoms. The summed E-state index contributed by atoms with van der Waals surface area (Å²) in [5.41, 5.74) is 0. The second-order valence-electron chi connectivity index (χ2n) is 2.28. The Bertz CT molecular complexity index is 237. The Kier molecular flexibility index (Phi) is 3.23. The van der Waals surface area contributed by atoms with E-state index < -0.39 is 12.3 Å². The van der Waals surface area contributed by atoms with E-state index in [2.05, 4.69) is 5.32 Å². The molecule has 1 heterocycles. The van der Waals surface area contributed by atoms with Gasteiger partial charge in [-0.05, 0) is 6.92 Å². The third-order valence-electron chi connectivity index (χ3n) is 1.39. The normalized spacial score (nSPS) is 28.5. The zero-order chi connectivity index (χ0) is 9.30. The lowest BCUT2D eigenvalue weighted by Crippen LogP contribution is -2.27. The number of amides is 1. The fourth-order valence-electron chi connectivity index (χ4n) is 0.769. The Labute approximate surface area is 84.6 Å². The van der Waals surface area contributed by atoms with Gasteiger partial charge in [0.2, 0.25) is 0 Å². The van der Waals surface area contributed by atoms with Crippen LogP contribution >= 0.6 is 34.8 Å².